The first-order valence-electron chi connectivity index (χ1n) is 5.06. The van der Waals surface area contributed by atoms with Crippen molar-refractivity contribution in [2.24, 2.45) is 5.73 Å². The fraction of sp³-hybridized carbons (Fsp3) is 0.167. The number of aryl methyl sites for hydroxylation is 1. The highest BCUT2D eigenvalue weighted by Crippen LogP contribution is 2.19. The van der Waals surface area contributed by atoms with E-state index in [0.29, 0.717) is 6.54 Å². The fourth-order valence-corrected chi connectivity index (χ4v) is 1.56. The molecule has 0 bridgehead atoms. The van der Waals surface area contributed by atoms with Crippen LogP contribution in [-0.4, -0.2) is 10.2 Å². The van der Waals surface area contributed by atoms with E-state index in [2.05, 4.69) is 10.2 Å². The Morgan fingerprint density at radius 1 is 1.31 bits per heavy atom. The zero-order chi connectivity index (χ0) is 11.5. The molecule has 0 aliphatic heterocycles. The Kier molecular flexibility index (Phi) is 2.83. The maximum atomic E-state index is 11.1. The third-order valence-corrected chi connectivity index (χ3v) is 2.43. The van der Waals surface area contributed by atoms with E-state index in [-0.39, 0.29) is 5.56 Å². The number of aromatic nitrogens is 2. The summed E-state index contributed by atoms with van der Waals surface area (Å²) in [5.74, 6) is 0. The lowest BCUT2D eigenvalue weighted by Crippen LogP contribution is -2.12. The van der Waals surface area contributed by atoms with Crippen LogP contribution in [-0.2, 0) is 6.54 Å². The Labute approximate surface area is 93.1 Å². The van der Waals surface area contributed by atoms with Gasteiger partial charge >= 0.3 is 0 Å². The minimum Gasteiger partial charge on any atom is -0.326 e. The largest absolute Gasteiger partial charge is 0.326 e. The van der Waals surface area contributed by atoms with Crippen LogP contribution in [0.25, 0.3) is 11.3 Å². The van der Waals surface area contributed by atoms with Gasteiger partial charge in [0.25, 0.3) is 5.56 Å². The van der Waals surface area contributed by atoms with Crippen molar-refractivity contribution in [2.75, 3.05) is 0 Å². The van der Waals surface area contributed by atoms with Crippen molar-refractivity contribution in [2.45, 2.75) is 13.5 Å². The molecule has 2 rings (SSSR count). The van der Waals surface area contributed by atoms with E-state index in [0.717, 1.165) is 16.8 Å². The summed E-state index contributed by atoms with van der Waals surface area (Å²) >= 11 is 0. The van der Waals surface area contributed by atoms with Gasteiger partial charge in [0.2, 0.25) is 0 Å². The highest BCUT2D eigenvalue weighted by atomic mass is 16.1. The first-order valence-corrected chi connectivity index (χ1v) is 5.06. The SMILES string of the molecule is Cc1ccc(-c2n[nH]c(=O)cc2CN)cc1. The minimum atomic E-state index is -0.226. The zero-order valence-corrected chi connectivity index (χ0v) is 9.03. The molecule has 4 heteroatoms. The van der Waals surface area contributed by atoms with Gasteiger partial charge in [-0.3, -0.25) is 4.79 Å². The molecule has 0 amide bonds. The first kappa shape index (κ1) is 10.6. The molecule has 0 saturated heterocycles. The van der Waals surface area contributed by atoms with Gasteiger partial charge in [-0.1, -0.05) is 29.8 Å². The lowest BCUT2D eigenvalue weighted by molar-refractivity contribution is 0.944. The molecule has 0 aliphatic rings. The van der Waals surface area contributed by atoms with Gasteiger partial charge in [-0.05, 0) is 12.5 Å². The summed E-state index contributed by atoms with van der Waals surface area (Å²) in [7, 11) is 0. The predicted octanol–water partition coefficient (Wildman–Crippen LogP) is 1.20. The Balaban J connectivity index is 2.55. The second-order valence-electron chi connectivity index (χ2n) is 3.68. The van der Waals surface area contributed by atoms with E-state index < -0.39 is 0 Å². The molecule has 4 nitrogen and oxygen atoms in total. The van der Waals surface area contributed by atoms with Gasteiger partial charge in [-0.25, -0.2) is 5.10 Å². The average Bonchev–Trinajstić information content (AvgIpc) is 2.30. The molecule has 0 unspecified atom stereocenters. The van der Waals surface area contributed by atoms with E-state index >= 15 is 0 Å². The number of aromatic amines is 1. The molecular formula is C12H13N3O. The van der Waals surface area contributed by atoms with Crippen LogP contribution >= 0.6 is 0 Å². The van der Waals surface area contributed by atoms with Gasteiger partial charge < -0.3 is 5.73 Å². The Morgan fingerprint density at radius 2 is 2.00 bits per heavy atom. The summed E-state index contributed by atoms with van der Waals surface area (Å²) in [5, 5.41) is 6.46. The summed E-state index contributed by atoms with van der Waals surface area (Å²) in [6.45, 7) is 2.33. The lowest BCUT2D eigenvalue weighted by atomic mass is 10.1. The standard InChI is InChI=1S/C12H13N3O/c1-8-2-4-9(5-3-8)12-10(7-13)6-11(16)14-15-12/h2-6H,7,13H2,1H3,(H,14,16). The van der Waals surface area contributed by atoms with Crippen LogP contribution in [0.1, 0.15) is 11.1 Å². The van der Waals surface area contributed by atoms with E-state index in [1.807, 2.05) is 31.2 Å². The molecular weight excluding hydrogens is 202 g/mol. The molecule has 0 aliphatic carbocycles. The lowest BCUT2D eigenvalue weighted by Gasteiger charge is -2.05. The van der Waals surface area contributed by atoms with Gasteiger partial charge in [-0.15, -0.1) is 0 Å². The van der Waals surface area contributed by atoms with Crippen molar-refractivity contribution in [3.63, 3.8) is 0 Å². The molecule has 0 fully saturated rings. The van der Waals surface area contributed by atoms with E-state index in [9.17, 15) is 4.79 Å². The molecule has 1 aromatic heterocycles. The topological polar surface area (TPSA) is 71.8 Å². The maximum Gasteiger partial charge on any atom is 0.264 e. The summed E-state index contributed by atoms with van der Waals surface area (Å²) in [6.07, 6.45) is 0. The Hall–Kier alpha value is -1.94. The number of nitrogens with one attached hydrogen (secondary N) is 1. The normalized spacial score (nSPS) is 10.4. The average molecular weight is 215 g/mol. The molecule has 1 heterocycles. The monoisotopic (exact) mass is 215 g/mol. The molecule has 0 radical (unpaired) electrons. The van der Waals surface area contributed by atoms with Crippen LogP contribution in [0.3, 0.4) is 0 Å². The summed E-state index contributed by atoms with van der Waals surface area (Å²) in [4.78, 5) is 11.1. The van der Waals surface area contributed by atoms with E-state index in [4.69, 9.17) is 5.73 Å². The Morgan fingerprint density at radius 3 is 2.62 bits per heavy atom. The van der Waals surface area contributed by atoms with Gasteiger partial charge in [0.15, 0.2) is 0 Å². The van der Waals surface area contributed by atoms with Gasteiger partial charge in [0, 0.05) is 18.2 Å². The van der Waals surface area contributed by atoms with Crippen LogP contribution in [0.5, 0.6) is 0 Å². The molecule has 16 heavy (non-hydrogen) atoms. The second-order valence-corrected chi connectivity index (χ2v) is 3.68. The smallest absolute Gasteiger partial charge is 0.264 e. The molecule has 0 saturated carbocycles. The van der Waals surface area contributed by atoms with Crippen LogP contribution in [0.4, 0.5) is 0 Å². The van der Waals surface area contributed by atoms with Crippen molar-refractivity contribution < 1.29 is 0 Å². The predicted molar refractivity (Wildman–Crippen MR) is 62.9 cm³/mol. The number of H-pyrrole nitrogens is 1. The first-order chi connectivity index (χ1) is 7.70. The highest BCUT2D eigenvalue weighted by Gasteiger charge is 2.06. The number of nitrogens with two attached hydrogens (primary N) is 1. The van der Waals surface area contributed by atoms with Gasteiger partial charge in [0.1, 0.15) is 0 Å². The third kappa shape index (κ3) is 2.01. The highest BCUT2D eigenvalue weighted by molar-refractivity contribution is 5.62. The number of benzene rings is 1. The molecule has 2 aromatic rings. The van der Waals surface area contributed by atoms with Crippen LogP contribution in [0.15, 0.2) is 35.1 Å². The van der Waals surface area contributed by atoms with Gasteiger partial charge in [-0.2, -0.15) is 5.10 Å². The van der Waals surface area contributed by atoms with Crippen LogP contribution < -0.4 is 11.3 Å². The minimum absolute atomic E-state index is 0.226. The molecule has 1 aromatic carbocycles. The van der Waals surface area contributed by atoms with Crippen LogP contribution in [0.2, 0.25) is 0 Å². The number of hydrogen-bond acceptors (Lipinski definition) is 3. The maximum absolute atomic E-state index is 11.1. The van der Waals surface area contributed by atoms with E-state index in [1.165, 1.54) is 11.6 Å². The third-order valence-electron chi connectivity index (χ3n) is 2.43. The quantitative estimate of drug-likeness (QED) is 0.790. The molecule has 0 atom stereocenters. The van der Waals surface area contributed by atoms with Gasteiger partial charge in [0.05, 0.1) is 5.69 Å². The molecule has 0 spiro atoms. The van der Waals surface area contributed by atoms with Crippen molar-refractivity contribution in [1.82, 2.24) is 10.2 Å². The Bertz CT molecular complexity index is 543. The van der Waals surface area contributed by atoms with Crippen LogP contribution in [0, 0.1) is 6.92 Å². The van der Waals surface area contributed by atoms with E-state index in [1.54, 1.807) is 0 Å². The number of hydrogen-bond donors (Lipinski definition) is 2. The molecule has 3 N–H and O–H groups in total. The molecule has 82 valence electrons. The summed E-state index contributed by atoms with van der Waals surface area (Å²) < 4.78 is 0. The second kappa shape index (κ2) is 4.28. The van der Waals surface area contributed by atoms with Crippen molar-refractivity contribution >= 4 is 0 Å². The van der Waals surface area contributed by atoms with Crippen molar-refractivity contribution in [3.05, 3.63) is 51.8 Å². The number of nitrogens with zero attached hydrogens (tertiary/aromatic N) is 1. The summed E-state index contributed by atoms with van der Waals surface area (Å²) in [6, 6.07) is 9.43. The number of rotatable bonds is 2. The summed E-state index contributed by atoms with van der Waals surface area (Å²) in [5.41, 5.74) is 9.01. The zero-order valence-electron chi connectivity index (χ0n) is 9.03. The fourth-order valence-electron chi connectivity index (χ4n) is 1.56. The van der Waals surface area contributed by atoms with Crippen molar-refractivity contribution in [1.29, 1.82) is 0 Å². The van der Waals surface area contributed by atoms with Crippen molar-refractivity contribution in [3.8, 4) is 11.3 Å².